The SMILES string of the molecule is COc1ccc(C(C)NOC2CCCC2)c(F)c1. The topological polar surface area (TPSA) is 30.5 Å². The summed E-state index contributed by atoms with van der Waals surface area (Å²) in [6, 6.07) is 4.70. The fourth-order valence-electron chi connectivity index (χ4n) is 2.25. The number of rotatable bonds is 5. The van der Waals surface area contributed by atoms with Crippen molar-refractivity contribution in [2.45, 2.75) is 44.8 Å². The molecule has 0 amide bonds. The number of hydrogen-bond donors (Lipinski definition) is 1. The molecule has 18 heavy (non-hydrogen) atoms. The Morgan fingerprint density at radius 2 is 2.06 bits per heavy atom. The molecule has 1 saturated carbocycles. The van der Waals surface area contributed by atoms with Gasteiger partial charge in [-0.2, -0.15) is 5.48 Å². The summed E-state index contributed by atoms with van der Waals surface area (Å²) in [5.41, 5.74) is 3.53. The van der Waals surface area contributed by atoms with Gasteiger partial charge in [-0.05, 0) is 25.8 Å². The minimum atomic E-state index is -0.274. The zero-order valence-corrected chi connectivity index (χ0v) is 10.9. The fraction of sp³-hybridized carbons (Fsp3) is 0.571. The summed E-state index contributed by atoms with van der Waals surface area (Å²) in [7, 11) is 1.53. The van der Waals surface area contributed by atoms with Gasteiger partial charge in [0.25, 0.3) is 0 Å². The average Bonchev–Trinajstić information content (AvgIpc) is 2.88. The van der Waals surface area contributed by atoms with E-state index in [0.717, 1.165) is 12.8 Å². The maximum absolute atomic E-state index is 13.8. The van der Waals surface area contributed by atoms with E-state index in [1.807, 2.05) is 6.92 Å². The lowest BCUT2D eigenvalue weighted by atomic mass is 10.1. The Bertz CT molecular complexity index is 391. The van der Waals surface area contributed by atoms with Crippen molar-refractivity contribution >= 4 is 0 Å². The van der Waals surface area contributed by atoms with E-state index in [1.54, 1.807) is 12.1 Å². The molecule has 2 rings (SSSR count). The molecular formula is C14H20FNO2. The molecule has 1 atom stereocenters. The van der Waals surface area contributed by atoms with Gasteiger partial charge in [-0.25, -0.2) is 4.39 Å². The van der Waals surface area contributed by atoms with Gasteiger partial charge in [-0.3, -0.25) is 4.84 Å². The fourth-order valence-corrected chi connectivity index (χ4v) is 2.25. The van der Waals surface area contributed by atoms with E-state index < -0.39 is 0 Å². The first-order valence-corrected chi connectivity index (χ1v) is 6.45. The van der Waals surface area contributed by atoms with Crippen molar-refractivity contribution < 1.29 is 14.0 Å². The molecule has 0 aromatic heterocycles. The predicted molar refractivity (Wildman–Crippen MR) is 67.8 cm³/mol. The molecule has 1 aromatic rings. The molecule has 1 aliphatic carbocycles. The van der Waals surface area contributed by atoms with Gasteiger partial charge in [-0.1, -0.05) is 18.9 Å². The van der Waals surface area contributed by atoms with Crippen molar-refractivity contribution in [3.63, 3.8) is 0 Å². The normalized spacial score (nSPS) is 17.9. The van der Waals surface area contributed by atoms with E-state index >= 15 is 0 Å². The Hall–Kier alpha value is -1.13. The number of nitrogens with one attached hydrogen (secondary N) is 1. The van der Waals surface area contributed by atoms with Gasteiger partial charge in [0.1, 0.15) is 11.6 Å². The molecule has 4 heteroatoms. The second kappa shape index (κ2) is 6.16. The average molecular weight is 253 g/mol. The van der Waals surface area contributed by atoms with E-state index in [9.17, 15) is 4.39 Å². The highest BCUT2D eigenvalue weighted by Gasteiger charge is 2.18. The molecule has 1 fully saturated rings. The van der Waals surface area contributed by atoms with Gasteiger partial charge >= 0.3 is 0 Å². The highest BCUT2D eigenvalue weighted by Crippen LogP contribution is 2.24. The highest BCUT2D eigenvalue weighted by atomic mass is 19.1. The summed E-state index contributed by atoms with van der Waals surface area (Å²) in [4.78, 5) is 5.58. The second-order valence-electron chi connectivity index (χ2n) is 4.75. The molecule has 0 spiro atoms. The third-order valence-corrected chi connectivity index (χ3v) is 3.39. The molecule has 0 saturated heterocycles. The van der Waals surface area contributed by atoms with Crippen LogP contribution < -0.4 is 10.2 Å². The zero-order chi connectivity index (χ0) is 13.0. The Kier molecular flexibility index (Phi) is 4.55. The van der Waals surface area contributed by atoms with Crippen LogP contribution in [0.15, 0.2) is 18.2 Å². The van der Waals surface area contributed by atoms with Crippen LogP contribution in [0.25, 0.3) is 0 Å². The molecule has 100 valence electrons. The summed E-state index contributed by atoms with van der Waals surface area (Å²) in [6.45, 7) is 1.89. The maximum atomic E-state index is 13.8. The number of hydroxylamine groups is 1. The van der Waals surface area contributed by atoms with Crippen molar-refractivity contribution in [3.8, 4) is 5.75 Å². The number of ether oxygens (including phenoxy) is 1. The number of hydrogen-bond acceptors (Lipinski definition) is 3. The Morgan fingerprint density at radius 3 is 2.67 bits per heavy atom. The van der Waals surface area contributed by atoms with Crippen LogP contribution in [0.2, 0.25) is 0 Å². The predicted octanol–water partition coefficient (Wildman–Crippen LogP) is 3.36. The minimum absolute atomic E-state index is 0.170. The van der Waals surface area contributed by atoms with Crippen LogP contribution in [0.5, 0.6) is 5.75 Å². The van der Waals surface area contributed by atoms with Crippen LogP contribution in [0, 0.1) is 5.82 Å². The molecule has 1 unspecified atom stereocenters. The largest absolute Gasteiger partial charge is 0.497 e. The van der Waals surface area contributed by atoms with Crippen LogP contribution in [0.3, 0.4) is 0 Å². The van der Waals surface area contributed by atoms with Crippen molar-refractivity contribution in [1.29, 1.82) is 0 Å². The summed E-state index contributed by atoms with van der Waals surface area (Å²) < 4.78 is 18.8. The van der Waals surface area contributed by atoms with Gasteiger partial charge in [0.2, 0.25) is 0 Å². The molecule has 0 radical (unpaired) electrons. The van der Waals surface area contributed by atoms with E-state index in [1.165, 1.54) is 26.0 Å². The lowest BCUT2D eigenvalue weighted by molar-refractivity contribution is -0.0382. The number of methoxy groups -OCH3 is 1. The van der Waals surface area contributed by atoms with E-state index in [2.05, 4.69) is 5.48 Å². The standard InChI is InChI=1S/C14H20FNO2/c1-10(16-18-11-5-3-4-6-11)13-8-7-12(17-2)9-14(13)15/h7-11,16H,3-6H2,1-2H3. The summed E-state index contributed by atoms with van der Waals surface area (Å²) >= 11 is 0. The van der Waals surface area contributed by atoms with Gasteiger partial charge in [-0.15, -0.1) is 0 Å². The van der Waals surface area contributed by atoms with Crippen LogP contribution in [0.4, 0.5) is 4.39 Å². The maximum Gasteiger partial charge on any atom is 0.131 e. The smallest absolute Gasteiger partial charge is 0.131 e. The van der Waals surface area contributed by atoms with Gasteiger partial charge in [0, 0.05) is 11.6 Å². The first-order chi connectivity index (χ1) is 8.70. The van der Waals surface area contributed by atoms with Crippen LogP contribution in [-0.2, 0) is 4.84 Å². The van der Waals surface area contributed by atoms with E-state index in [0.29, 0.717) is 11.3 Å². The molecule has 1 aromatic carbocycles. The van der Waals surface area contributed by atoms with Gasteiger partial charge in [0.15, 0.2) is 0 Å². The summed E-state index contributed by atoms with van der Waals surface area (Å²) in [5, 5.41) is 0. The van der Waals surface area contributed by atoms with Crippen LogP contribution in [-0.4, -0.2) is 13.2 Å². The molecule has 0 bridgehead atoms. The number of halogens is 1. The third-order valence-electron chi connectivity index (χ3n) is 3.39. The number of benzene rings is 1. The highest BCUT2D eigenvalue weighted by molar-refractivity contribution is 5.30. The molecule has 3 nitrogen and oxygen atoms in total. The minimum Gasteiger partial charge on any atom is -0.497 e. The van der Waals surface area contributed by atoms with Gasteiger partial charge in [0.05, 0.1) is 19.3 Å². The first-order valence-electron chi connectivity index (χ1n) is 6.45. The molecule has 0 heterocycles. The van der Waals surface area contributed by atoms with E-state index in [4.69, 9.17) is 9.57 Å². The second-order valence-corrected chi connectivity index (χ2v) is 4.75. The lowest BCUT2D eigenvalue weighted by Gasteiger charge is -2.18. The zero-order valence-electron chi connectivity index (χ0n) is 10.9. The quantitative estimate of drug-likeness (QED) is 0.816. The Balaban J connectivity index is 1.93. The molecule has 1 N–H and O–H groups in total. The van der Waals surface area contributed by atoms with Crippen molar-refractivity contribution in [2.24, 2.45) is 0 Å². The first kappa shape index (κ1) is 13.3. The Morgan fingerprint density at radius 1 is 1.33 bits per heavy atom. The van der Waals surface area contributed by atoms with Crippen LogP contribution >= 0.6 is 0 Å². The van der Waals surface area contributed by atoms with Crippen molar-refractivity contribution in [2.75, 3.05) is 7.11 Å². The lowest BCUT2D eigenvalue weighted by Crippen LogP contribution is -2.25. The molecule has 0 aliphatic heterocycles. The summed E-state index contributed by atoms with van der Waals surface area (Å²) in [6.07, 6.45) is 4.89. The van der Waals surface area contributed by atoms with E-state index in [-0.39, 0.29) is 18.0 Å². The molecule has 1 aliphatic rings. The third kappa shape index (κ3) is 3.21. The van der Waals surface area contributed by atoms with Crippen molar-refractivity contribution in [3.05, 3.63) is 29.6 Å². The monoisotopic (exact) mass is 253 g/mol. The van der Waals surface area contributed by atoms with Gasteiger partial charge < -0.3 is 4.74 Å². The van der Waals surface area contributed by atoms with Crippen molar-refractivity contribution in [1.82, 2.24) is 5.48 Å². The summed E-state index contributed by atoms with van der Waals surface area (Å²) in [5.74, 6) is 0.254. The molecular weight excluding hydrogens is 233 g/mol. The Labute approximate surface area is 107 Å². The van der Waals surface area contributed by atoms with Crippen LogP contribution in [0.1, 0.15) is 44.2 Å².